The molecular weight excluding hydrogens is 395 g/mol. The van der Waals surface area contributed by atoms with Crippen molar-refractivity contribution in [2.45, 2.75) is 26.4 Å². The first-order valence-corrected chi connectivity index (χ1v) is 9.05. The summed E-state index contributed by atoms with van der Waals surface area (Å²) in [7, 11) is 0. The van der Waals surface area contributed by atoms with Gasteiger partial charge in [0, 0.05) is 6.07 Å². The summed E-state index contributed by atoms with van der Waals surface area (Å²) in [6.45, 7) is 3.24. The Morgan fingerprint density at radius 2 is 2.00 bits per heavy atom. The summed E-state index contributed by atoms with van der Waals surface area (Å²) >= 11 is 0. The zero-order valence-electron chi connectivity index (χ0n) is 16.2. The zero-order valence-corrected chi connectivity index (χ0v) is 16.2. The summed E-state index contributed by atoms with van der Waals surface area (Å²) in [5, 5.41) is 10.3. The van der Waals surface area contributed by atoms with E-state index in [2.05, 4.69) is 26.1 Å². The number of carbonyl (C=O) groups is 2. The van der Waals surface area contributed by atoms with Gasteiger partial charge in [-0.3, -0.25) is 25.2 Å². The van der Waals surface area contributed by atoms with Crippen molar-refractivity contribution in [1.82, 2.24) is 30.8 Å². The first-order chi connectivity index (χ1) is 14.4. The second kappa shape index (κ2) is 8.99. The van der Waals surface area contributed by atoms with Crippen LogP contribution in [0.2, 0.25) is 0 Å². The number of hydrazine groups is 1. The van der Waals surface area contributed by atoms with Gasteiger partial charge in [0.1, 0.15) is 0 Å². The van der Waals surface area contributed by atoms with Gasteiger partial charge in [-0.25, -0.2) is 14.2 Å². The van der Waals surface area contributed by atoms with E-state index in [0.717, 1.165) is 0 Å². The minimum Gasteiger partial charge on any atom is -0.478 e. The molecule has 0 saturated heterocycles. The second-order valence-electron chi connectivity index (χ2n) is 6.18. The van der Waals surface area contributed by atoms with E-state index in [1.807, 2.05) is 6.92 Å². The fraction of sp³-hybridized carbons (Fsp3) is 0.211. The Hall–Kier alpha value is -4.02. The fourth-order valence-corrected chi connectivity index (χ4v) is 2.63. The lowest BCUT2D eigenvalue weighted by Crippen LogP contribution is -2.47. The molecule has 3 N–H and O–H groups in total. The van der Waals surface area contributed by atoms with Crippen LogP contribution in [0, 0.1) is 5.82 Å². The van der Waals surface area contributed by atoms with Crippen molar-refractivity contribution in [1.29, 1.82) is 0 Å². The average molecular weight is 414 g/mol. The molecule has 0 fully saturated rings. The van der Waals surface area contributed by atoms with Gasteiger partial charge in [-0.05, 0) is 31.5 Å². The summed E-state index contributed by atoms with van der Waals surface area (Å²) in [5.41, 5.74) is 4.90. The number of amides is 2. The normalized spacial score (nSPS) is 11.6. The number of H-pyrrole nitrogens is 1. The summed E-state index contributed by atoms with van der Waals surface area (Å²) in [6.07, 6.45) is 0.706. The number of ether oxygens (including phenoxy) is 1. The molecule has 3 aromatic rings. The highest BCUT2D eigenvalue weighted by Crippen LogP contribution is 2.17. The molecule has 1 aromatic carbocycles. The molecule has 30 heavy (non-hydrogen) atoms. The Kier molecular flexibility index (Phi) is 6.20. The number of nitrogens with zero attached hydrogens (tertiary/aromatic N) is 3. The first-order valence-electron chi connectivity index (χ1n) is 9.05. The summed E-state index contributed by atoms with van der Waals surface area (Å²) in [5.74, 6) is -1.61. The quantitative estimate of drug-likeness (QED) is 0.514. The molecule has 0 saturated carbocycles. The highest BCUT2D eigenvalue weighted by molar-refractivity contribution is 5.96. The van der Waals surface area contributed by atoms with E-state index in [1.165, 1.54) is 48.1 Å². The van der Waals surface area contributed by atoms with E-state index in [1.54, 1.807) is 6.07 Å². The maximum atomic E-state index is 13.6. The van der Waals surface area contributed by atoms with Crippen LogP contribution in [0.4, 0.5) is 4.39 Å². The Balaban J connectivity index is 1.66. The van der Waals surface area contributed by atoms with Crippen molar-refractivity contribution in [3.8, 4) is 11.6 Å². The van der Waals surface area contributed by atoms with Crippen LogP contribution in [0.25, 0.3) is 5.82 Å². The smallest absolute Gasteiger partial charge is 0.279 e. The zero-order chi connectivity index (χ0) is 21.7. The summed E-state index contributed by atoms with van der Waals surface area (Å²) in [6, 6.07) is 8.44. The maximum Gasteiger partial charge on any atom is 0.279 e. The van der Waals surface area contributed by atoms with E-state index in [0.29, 0.717) is 17.9 Å². The van der Waals surface area contributed by atoms with Crippen LogP contribution in [-0.4, -0.2) is 37.9 Å². The van der Waals surface area contributed by atoms with Gasteiger partial charge in [-0.15, -0.1) is 0 Å². The molecule has 10 nitrogen and oxygen atoms in total. The van der Waals surface area contributed by atoms with Crippen molar-refractivity contribution in [3.05, 3.63) is 70.0 Å². The minimum atomic E-state index is -1.05. The van der Waals surface area contributed by atoms with Crippen molar-refractivity contribution in [3.63, 3.8) is 0 Å². The number of para-hydroxylation sites is 1. The number of aromatic amines is 1. The van der Waals surface area contributed by atoms with Gasteiger partial charge < -0.3 is 4.74 Å². The molecule has 2 heterocycles. The van der Waals surface area contributed by atoms with Gasteiger partial charge in [0.05, 0.1) is 17.5 Å². The van der Waals surface area contributed by atoms with Crippen molar-refractivity contribution >= 4 is 11.8 Å². The fourth-order valence-electron chi connectivity index (χ4n) is 2.63. The van der Waals surface area contributed by atoms with Crippen LogP contribution in [-0.2, 0) is 11.2 Å². The van der Waals surface area contributed by atoms with Crippen molar-refractivity contribution in [2.24, 2.45) is 0 Å². The number of hydrogen-bond donors (Lipinski definition) is 3. The van der Waals surface area contributed by atoms with E-state index in [-0.39, 0.29) is 16.9 Å². The maximum absolute atomic E-state index is 13.6. The van der Waals surface area contributed by atoms with Crippen LogP contribution < -0.4 is 21.1 Å². The molecule has 0 aliphatic rings. The van der Waals surface area contributed by atoms with Crippen LogP contribution >= 0.6 is 0 Å². The predicted octanol–water partition coefficient (Wildman–Crippen LogP) is 0.886. The standard InChI is InChI=1S/C19H19FN6O4/c1-3-14-12(10-21-26(14)16-8-9-17(27)23-22-16)19(29)25-24-18(28)11(2)30-15-7-5-4-6-13(15)20/h4-11H,3H2,1-2H3,(H,23,27)(H,24,28)(H,25,29). The third-order valence-electron chi connectivity index (χ3n) is 4.14. The molecule has 11 heteroatoms. The number of halogens is 1. The van der Waals surface area contributed by atoms with Crippen LogP contribution in [0.15, 0.2) is 47.4 Å². The molecule has 1 atom stereocenters. The third kappa shape index (κ3) is 4.51. The van der Waals surface area contributed by atoms with Crippen LogP contribution in [0.1, 0.15) is 29.9 Å². The van der Waals surface area contributed by atoms with Gasteiger partial charge in [0.15, 0.2) is 23.5 Å². The highest BCUT2D eigenvalue weighted by Gasteiger charge is 2.21. The minimum absolute atomic E-state index is 0.0746. The predicted molar refractivity (Wildman–Crippen MR) is 103 cm³/mol. The largest absolute Gasteiger partial charge is 0.478 e. The second-order valence-corrected chi connectivity index (χ2v) is 6.18. The van der Waals surface area contributed by atoms with E-state index < -0.39 is 23.7 Å². The van der Waals surface area contributed by atoms with Gasteiger partial charge in [-0.2, -0.15) is 10.2 Å². The molecule has 0 bridgehead atoms. The molecule has 156 valence electrons. The molecule has 0 aliphatic carbocycles. The van der Waals surface area contributed by atoms with Gasteiger partial charge >= 0.3 is 0 Å². The highest BCUT2D eigenvalue weighted by atomic mass is 19.1. The third-order valence-corrected chi connectivity index (χ3v) is 4.14. The van der Waals surface area contributed by atoms with Gasteiger partial charge in [0.25, 0.3) is 17.4 Å². The summed E-state index contributed by atoms with van der Waals surface area (Å²) in [4.78, 5) is 35.8. The van der Waals surface area contributed by atoms with Crippen molar-refractivity contribution < 1.29 is 18.7 Å². The molecule has 0 aliphatic heterocycles. The van der Waals surface area contributed by atoms with Gasteiger partial charge in [-0.1, -0.05) is 19.1 Å². The molecule has 3 rings (SSSR count). The first kappa shape index (κ1) is 20.7. The topological polar surface area (TPSA) is 131 Å². The lowest BCUT2D eigenvalue weighted by molar-refractivity contribution is -0.128. The van der Waals surface area contributed by atoms with Gasteiger partial charge in [0.2, 0.25) is 0 Å². The molecular formula is C19H19FN6O4. The molecule has 2 aromatic heterocycles. The molecule has 0 radical (unpaired) electrons. The Morgan fingerprint density at radius 1 is 1.23 bits per heavy atom. The Labute approximate surface area is 170 Å². The number of aromatic nitrogens is 4. The van der Waals surface area contributed by atoms with E-state index >= 15 is 0 Å². The lowest BCUT2D eigenvalue weighted by Gasteiger charge is -2.15. The van der Waals surface area contributed by atoms with Crippen LogP contribution in [0.5, 0.6) is 5.75 Å². The SMILES string of the molecule is CCc1c(C(=O)NNC(=O)C(C)Oc2ccccc2F)cnn1-c1ccc(=O)[nH]n1. The Morgan fingerprint density at radius 3 is 2.67 bits per heavy atom. The number of hydrogen-bond acceptors (Lipinski definition) is 6. The lowest BCUT2D eigenvalue weighted by atomic mass is 10.2. The Bertz CT molecular complexity index is 1110. The number of benzene rings is 1. The molecule has 1 unspecified atom stereocenters. The molecule has 0 spiro atoms. The number of rotatable bonds is 6. The molecule has 2 amide bonds. The van der Waals surface area contributed by atoms with Crippen molar-refractivity contribution in [2.75, 3.05) is 0 Å². The van der Waals surface area contributed by atoms with Crippen LogP contribution in [0.3, 0.4) is 0 Å². The number of carbonyl (C=O) groups excluding carboxylic acids is 2. The van der Waals surface area contributed by atoms with E-state index in [4.69, 9.17) is 4.74 Å². The van der Waals surface area contributed by atoms with E-state index in [9.17, 15) is 18.8 Å². The summed E-state index contributed by atoms with van der Waals surface area (Å²) < 4.78 is 20.3. The monoisotopic (exact) mass is 414 g/mol. The average Bonchev–Trinajstić information content (AvgIpc) is 3.18. The number of nitrogens with one attached hydrogen (secondary N) is 3.